The largest absolute Gasteiger partial charge is 0.349 e. The summed E-state index contributed by atoms with van der Waals surface area (Å²) in [6, 6.07) is 2.04. The Hall–Kier alpha value is -0.680. The Bertz CT molecular complexity index is 371. The molecule has 14 heavy (non-hydrogen) atoms. The van der Waals surface area contributed by atoms with Crippen LogP contribution in [0.1, 0.15) is 16.7 Å². The fourth-order valence-electron chi connectivity index (χ4n) is 0.726. The summed E-state index contributed by atoms with van der Waals surface area (Å²) in [6.07, 6.45) is 1.65. The Morgan fingerprint density at radius 1 is 1.93 bits per heavy atom. The molecule has 0 aliphatic heterocycles. The van der Waals surface area contributed by atoms with Gasteiger partial charge in [-0.15, -0.1) is 11.3 Å². The van der Waals surface area contributed by atoms with Crippen molar-refractivity contribution in [2.45, 2.75) is 6.92 Å². The number of hydrogen-bond acceptors (Lipinski definition) is 4. The summed E-state index contributed by atoms with van der Waals surface area (Å²) in [6.45, 7) is 2.12. The average molecular weight is 321 g/mol. The molecule has 6 heteroatoms. The first-order valence-corrected chi connectivity index (χ1v) is 5.82. The molecule has 0 radical (unpaired) electrons. The number of carbonyl (C=O) groups is 1. The number of amides is 1. The molecule has 0 aliphatic carbocycles. The Balaban J connectivity index is 2.48. The molecule has 0 unspecified atom stereocenters. The monoisotopic (exact) mass is 321 g/mol. The van der Waals surface area contributed by atoms with Crippen LogP contribution in [0.3, 0.4) is 0 Å². The van der Waals surface area contributed by atoms with E-state index in [1.54, 1.807) is 13.1 Å². The highest BCUT2D eigenvalue weighted by molar-refractivity contribution is 14.1. The van der Waals surface area contributed by atoms with Gasteiger partial charge in [-0.1, -0.05) is 0 Å². The van der Waals surface area contributed by atoms with Gasteiger partial charge >= 0.3 is 0 Å². The zero-order valence-corrected chi connectivity index (χ0v) is 10.4. The molecule has 0 spiro atoms. The van der Waals surface area contributed by atoms with Crippen LogP contribution in [0.2, 0.25) is 0 Å². The summed E-state index contributed by atoms with van der Waals surface area (Å²) >= 11 is 3.44. The Morgan fingerprint density at radius 3 is 3.14 bits per heavy atom. The first kappa shape index (κ1) is 11.4. The first-order chi connectivity index (χ1) is 6.63. The van der Waals surface area contributed by atoms with E-state index in [4.69, 9.17) is 5.26 Å². The van der Waals surface area contributed by atoms with Gasteiger partial charge < -0.3 is 5.32 Å². The van der Waals surface area contributed by atoms with Crippen molar-refractivity contribution in [1.82, 2.24) is 10.3 Å². The normalized spacial score (nSPS) is 11.8. The van der Waals surface area contributed by atoms with E-state index in [9.17, 15) is 4.79 Å². The van der Waals surface area contributed by atoms with Crippen LogP contribution in [0, 0.1) is 20.1 Å². The topological polar surface area (TPSA) is 65.8 Å². The van der Waals surface area contributed by atoms with Crippen LogP contribution in [0.25, 0.3) is 0 Å². The van der Waals surface area contributed by atoms with Crippen LogP contribution in [-0.4, -0.2) is 17.4 Å². The lowest BCUT2D eigenvalue weighted by Crippen LogP contribution is -2.27. The lowest BCUT2D eigenvalue weighted by molar-refractivity contribution is 0.0950. The van der Waals surface area contributed by atoms with Gasteiger partial charge in [-0.3, -0.25) is 4.79 Å². The minimum Gasteiger partial charge on any atom is -0.349 e. The number of rotatable bonds is 3. The van der Waals surface area contributed by atoms with Crippen molar-refractivity contribution in [3.63, 3.8) is 0 Å². The maximum absolute atomic E-state index is 11.4. The number of aromatic nitrogens is 1. The lowest BCUT2D eigenvalue weighted by Gasteiger charge is -2.02. The van der Waals surface area contributed by atoms with Gasteiger partial charge in [0.05, 0.1) is 21.1 Å². The summed E-state index contributed by atoms with van der Waals surface area (Å²) in [5.74, 6) is -0.377. The predicted octanol–water partition coefficient (Wildman–Crippen LogP) is 1.64. The SMILES string of the molecule is C[C@@H](C#N)CNC(=O)c1ncc(I)s1. The second kappa shape index (κ2) is 5.26. The van der Waals surface area contributed by atoms with Gasteiger partial charge in [0.15, 0.2) is 5.01 Å². The number of nitrogens with zero attached hydrogens (tertiary/aromatic N) is 2. The quantitative estimate of drug-likeness (QED) is 0.861. The lowest BCUT2D eigenvalue weighted by atomic mass is 10.2. The van der Waals surface area contributed by atoms with Gasteiger partial charge in [0, 0.05) is 6.54 Å². The Labute approximate surface area is 99.5 Å². The van der Waals surface area contributed by atoms with Crippen molar-refractivity contribution in [3.8, 4) is 6.07 Å². The summed E-state index contributed by atoms with van der Waals surface area (Å²) in [4.78, 5) is 15.3. The Kier molecular flexibility index (Phi) is 4.28. The van der Waals surface area contributed by atoms with Crippen molar-refractivity contribution < 1.29 is 4.79 Å². The van der Waals surface area contributed by atoms with Crippen molar-refractivity contribution in [1.29, 1.82) is 5.26 Å². The highest BCUT2D eigenvalue weighted by Gasteiger charge is 2.10. The molecule has 1 N–H and O–H groups in total. The van der Waals surface area contributed by atoms with Crippen molar-refractivity contribution in [2.75, 3.05) is 6.54 Å². The van der Waals surface area contributed by atoms with E-state index in [0.717, 1.165) is 2.88 Å². The summed E-state index contributed by atoms with van der Waals surface area (Å²) in [5.41, 5.74) is 0. The van der Waals surface area contributed by atoms with Crippen LogP contribution < -0.4 is 5.32 Å². The van der Waals surface area contributed by atoms with Crippen LogP contribution in [0.4, 0.5) is 0 Å². The molecule has 0 aliphatic rings. The molecule has 0 saturated carbocycles. The van der Waals surface area contributed by atoms with E-state index in [-0.39, 0.29) is 11.8 Å². The third-order valence-corrected chi connectivity index (χ3v) is 3.18. The molecule has 74 valence electrons. The van der Waals surface area contributed by atoms with E-state index in [0.29, 0.717) is 11.6 Å². The zero-order chi connectivity index (χ0) is 10.6. The van der Waals surface area contributed by atoms with Gasteiger partial charge in [0.2, 0.25) is 0 Å². The number of hydrogen-bond donors (Lipinski definition) is 1. The zero-order valence-electron chi connectivity index (χ0n) is 7.45. The Morgan fingerprint density at radius 2 is 2.64 bits per heavy atom. The van der Waals surface area contributed by atoms with Crippen LogP contribution in [0.5, 0.6) is 0 Å². The number of nitriles is 1. The molecule has 0 aromatic carbocycles. The fourth-order valence-corrected chi connectivity index (χ4v) is 2.05. The first-order valence-electron chi connectivity index (χ1n) is 3.92. The molecule has 1 heterocycles. The van der Waals surface area contributed by atoms with Crippen LogP contribution in [0.15, 0.2) is 6.20 Å². The van der Waals surface area contributed by atoms with E-state index >= 15 is 0 Å². The number of carbonyl (C=O) groups excluding carboxylic acids is 1. The molecular weight excluding hydrogens is 313 g/mol. The van der Waals surface area contributed by atoms with E-state index in [1.165, 1.54) is 11.3 Å². The van der Waals surface area contributed by atoms with Gasteiger partial charge in [-0.05, 0) is 29.5 Å². The molecular formula is C8H8IN3OS. The second-order valence-corrected chi connectivity index (χ2v) is 5.63. The van der Waals surface area contributed by atoms with E-state index in [2.05, 4.69) is 32.9 Å². The molecule has 4 nitrogen and oxygen atoms in total. The van der Waals surface area contributed by atoms with Crippen molar-refractivity contribution in [2.24, 2.45) is 5.92 Å². The van der Waals surface area contributed by atoms with Gasteiger partial charge in [-0.25, -0.2) is 4.98 Å². The van der Waals surface area contributed by atoms with Gasteiger partial charge in [0.1, 0.15) is 0 Å². The smallest absolute Gasteiger partial charge is 0.280 e. The average Bonchev–Trinajstić information content (AvgIpc) is 2.60. The maximum Gasteiger partial charge on any atom is 0.280 e. The fraction of sp³-hybridized carbons (Fsp3) is 0.375. The summed E-state index contributed by atoms with van der Waals surface area (Å²) in [7, 11) is 0. The number of nitrogens with one attached hydrogen (secondary N) is 1. The summed E-state index contributed by atoms with van der Waals surface area (Å²) in [5, 5.41) is 11.6. The minimum atomic E-state index is -0.208. The predicted molar refractivity (Wildman–Crippen MR) is 61.9 cm³/mol. The third-order valence-electron chi connectivity index (χ3n) is 1.46. The molecule has 1 aromatic heterocycles. The van der Waals surface area contributed by atoms with Gasteiger partial charge in [0.25, 0.3) is 5.91 Å². The van der Waals surface area contributed by atoms with Gasteiger partial charge in [-0.2, -0.15) is 5.26 Å². The van der Waals surface area contributed by atoms with E-state index < -0.39 is 0 Å². The van der Waals surface area contributed by atoms with Crippen LogP contribution in [-0.2, 0) is 0 Å². The number of halogens is 1. The molecule has 0 saturated heterocycles. The molecule has 1 amide bonds. The van der Waals surface area contributed by atoms with E-state index in [1.807, 2.05) is 6.07 Å². The standard InChI is InChI=1S/C8H8IN3OS/c1-5(2-10)3-11-7(13)8-12-4-6(9)14-8/h4-5H,3H2,1H3,(H,11,13)/t5-/m0/s1. The summed E-state index contributed by atoms with van der Waals surface area (Å²) < 4.78 is 0.973. The van der Waals surface area contributed by atoms with Crippen LogP contribution >= 0.6 is 33.9 Å². The third kappa shape index (κ3) is 3.23. The van der Waals surface area contributed by atoms with Crippen molar-refractivity contribution in [3.05, 3.63) is 14.1 Å². The molecule has 1 rings (SSSR count). The molecule has 1 aromatic rings. The minimum absolute atomic E-state index is 0.169. The van der Waals surface area contributed by atoms with Crippen molar-refractivity contribution >= 4 is 39.8 Å². The maximum atomic E-state index is 11.4. The molecule has 1 atom stereocenters. The molecule has 0 bridgehead atoms. The molecule has 0 fully saturated rings. The number of thiazole rings is 1. The second-order valence-electron chi connectivity index (χ2n) is 2.71. The highest BCUT2D eigenvalue weighted by Crippen LogP contribution is 2.14. The highest BCUT2D eigenvalue weighted by atomic mass is 127.